The molecular formula is C8H11NO2S. The number of thiol groups is 1. The SMILES string of the molecule is C=C(CCC(S)CC#N)C(=O)O. The van der Waals surface area contributed by atoms with E-state index < -0.39 is 5.97 Å². The van der Waals surface area contributed by atoms with Crippen LogP contribution in [0.3, 0.4) is 0 Å². The third-order valence-corrected chi connectivity index (χ3v) is 1.85. The maximum Gasteiger partial charge on any atom is 0.330 e. The predicted octanol–water partition coefficient (Wildman–Crippen LogP) is 1.62. The fraction of sp³-hybridized carbons (Fsp3) is 0.500. The van der Waals surface area contributed by atoms with Crippen LogP contribution in [0, 0.1) is 11.3 Å². The van der Waals surface area contributed by atoms with Gasteiger partial charge in [0.1, 0.15) is 0 Å². The van der Waals surface area contributed by atoms with Crippen molar-refractivity contribution >= 4 is 18.6 Å². The zero-order valence-electron chi connectivity index (χ0n) is 6.66. The third-order valence-electron chi connectivity index (χ3n) is 1.41. The summed E-state index contributed by atoms with van der Waals surface area (Å²) in [6, 6.07) is 1.97. The predicted molar refractivity (Wildman–Crippen MR) is 49.0 cm³/mol. The van der Waals surface area contributed by atoms with Crippen molar-refractivity contribution in [3.8, 4) is 6.07 Å². The minimum Gasteiger partial charge on any atom is -0.478 e. The molecule has 0 aromatic heterocycles. The lowest BCUT2D eigenvalue weighted by Crippen LogP contribution is -2.03. The average Bonchev–Trinajstić information content (AvgIpc) is 2.00. The minimum atomic E-state index is -0.979. The van der Waals surface area contributed by atoms with Crippen molar-refractivity contribution in [2.75, 3.05) is 0 Å². The number of rotatable bonds is 5. The Morgan fingerprint density at radius 2 is 2.33 bits per heavy atom. The lowest BCUT2D eigenvalue weighted by molar-refractivity contribution is -0.132. The number of nitrogens with zero attached hydrogens (tertiary/aromatic N) is 1. The summed E-state index contributed by atoms with van der Waals surface area (Å²) in [5.74, 6) is -0.979. The first kappa shape index (κ1) is 11.1. The number of hydrogen-bond donors (Lipinski definition) is 2. The van der Waals surface area contributed by atoms with Crippen molar-refractivity contribution in [1.29, 1.82) is 5.26 Å². The highest BCUT2D eigenvalue weighted by molar-refractivity contribution is 7.80. The Morgan fingerprint density at radius 1 is 1.75 bits per heavy atom. The van der Waals surface area contributed by atoms with Gasteiger partial charge in [0, 0.05) is 17.2 Å². The van der Waals surface area contributed by atoms with E-state index in [9.17, 15) is 4.79 Å². The molecule has 0 aliphatic rings. The van der Waals surface area contributed by atoms with Gasteiger partial charge in [-0.1, -0.05) is 6.58 Å². The molecule has 0 saturated heterocycles. The zero-order valence-corrected chi connectivity index (χ0v) is 7.55. The molecule has 0 aliphatic heterocycles. The van der Waals surface area contributed by atoms with Gasteiger partial charge in [-0.25, -0.2) is 4.79 Å². The Labute approximate surface area is 77.1 Å². The number of carbonyl (C=O) groups is 1. The van der Waals surface area contributed by atoms with Crippen molar-refractivity contribution in [2.24, 2.45) is 0 Å². The summed E-state index contributed by atoms with van der Waals surface area (Å²) in [5.41, 5.74) is 0.173. The summed E-state index contributed by atoms with van der Waals surface area (Å²) in [4.78, 5) is 10.3. The standard InChI is InChI=1S/C8H11NO2S/c1-6(8(10)11)2-3-7(12)4-5-9/h7,12H,1-4H2,(H,10,11). The number of aliphatic carboxylic acids is 1. The van der Waals surface area contributed by atoms with E-state index in [1.54, 1.807) is 0 Å². The average molecular weight is 185 g/mol. The molecule has 0 bridgehead atoms. The monoisotopic (exact) mass is 185 g/mol. The van der Waals surface area contributed by atoms with E-state index in [0.717, 1.165) is 0 Å². The van der Waals surface area contributed by atoms with Crippen LogP contribution in [0.2, 0.25) is 0 Å². The molecule has 0 radical (unpaired) electrons. The summed E-state index contributed by atoms with van der Waals surface area (Å²) < 4.78 is 0. The molecule has 66 valence electrons. The van der Waals surface area contributed by atoms with Crippen LogP contribution in [0.25, 0.3) is 0 Å². The van der Waals surface area contributed by atoms with Gasteiger partial charge in [-0.05, 0) is 12.8 Å². The number of carboxylic acid groups (broad SMARTS) is 1. The quantitative estimate of drug-likeness (QED) is 0.505. The van der Waals surface area contributed by atoms with Crippen LogP contribution in [0.15, 0.2) is 12.2 Å². The highest BCUT2D eigenvalue weighted by atomic mass is 32.1. The lowest BCUT2D eigenvalue weighted by atomic mass is 10.1. The molecule has 0 amide bonds. The van der Waals surface area contributed by atoms with Crippen molar-refractivity contribution in [1.82, 2.24) is 0 Å². The Hall–Kier alpha value is -0.950. The second-order valence-electron chi connectivity index (χ2n) is 2.46. The van der Waals surface area contributed by atoms with Crippen LogP contribution in [0.5, 0.6) is 0 Å². The molecule has 0 aromatic rings. The maximum absolute atomic E-state index is 10.3. The smallest absolute Gasteiger partial charge is 0.330 e. The van der Waals surface area contributed by atoms with Gasteiger partial charge >= 0.3 is 5.97 Å². The van der Waals surface area contributed by atoms with Crippen LogP contribution in [-0.2, 0) is 4.79 Å². The van der Waals surface area contributed by atoms with E-state index in [4.69, 9.17) is 10.4 Å². The van der Waals surface area contributed by atoms with Gasteiger partial charge in [0.25, 0.3) is 0 Å². The molecule has 0 spiro atoms. The molecule has 0 fully saturated rings. The molecule has 0 rings (SSSR count). The van der Waals surface area contributed by atoms with Gasteiger partial charge in [0.05, 0.1) is 6.07 Å². The third kappa shape index (κ3) is 4.80. The van der Waals surface area contributed by atoms with E-state index in [-0.39, 0.29) is 10.8 Å². The fourth-order valence-electron chi connectivity index (χ4n) is 0.655. The summed E-state index contributed by atoms with van der Waals surface area (Å²) in [7, 11) is 0. The molecule has 4 heteroatoms. The Kier molecular flexibility index (Phi) is 5.22. The first-order valence-corrected chi connectivity index (χ1v) is 4.05. The normalized spacial score (nSPS) is 11.7. The molecule has 0 aromatic carbocycles. The first-order valence-electron chi connectivity index (χ1n) is 3.54. The molecule has 0 saturated carbocycles. The van der Waals surface area contributed by atoms with Crippen LogP contribution in [-0.4, -0.2) is 16.3 Å². The van der Waals surface area contributed by atoms with Gasteiger partial charge in [-0.2, -0.15) is 17.9 Å². The van der Waals surface area contributed by atoms with Crippen LogP contribution in [0.4, 0.5) is 0 Å². The van der Waals surface area contributed by atoms with E-state index in [1.165, 1.54) is 0 Å². The summed E-state index contributed by atoms with van der Waals surface area (Å²) in [5, 5.41) is 16.7. The minimum absolute atomic E-state index is 0.0499. The van der Waals surface area contributed by atoms with Crippen LogP contribution in [0.1, 0.15) is 19.3 Å². The van der Waals surface area contributed by atoms with E-state index >= 15 is 0 Å². The Morgan fingerprint density at radius 3 is 2.75 bits per heavy atom. The lowest BCUT2D eigenvalue weighted by Gasteiger charge is -2.04. The highest BCUT2D eigenvalue weighted by Crippen LogP contribution is 2.12. The van der Waals surface area contributed by atoms with E-state index in [1.807, 2.05) is 6.07 Å². The van der Waals surface area contributed by atoms with Gasteiger partial charge < -0.3 is 5.11 Å². The van der Waals surface area contributed by atoms with Crippen molar-refractivity contribution in [3.05, 3.63) is 12.2 Å². The van der Waals surface area contributed by atoms with Crippen LogP contribution < -0.4 is 0 Å². The highest BCUT2D eigenvalue weighted by Gasteiger charge is 2.07. The van der Waals surface area contributed by atoms with Gasteiger partial charge in [-0.3, -0.25) is 0 Å². The first-order chi connectivity index (χ1) is 5.57. The van der Waals surface area contributed by atoms with Gasteiger partial charge in [0.15, 0.2) is 0 Å². The molecule has 3 nitrogen and oxygen atoms in total. The number of carboxylic acids is 1. The van der Waals surface area contributed by atoms with E-state index in [2.05, 4.69) is 19.2 Å². The van der Waals surface area contributed by atoms with Crippen molar-refractivity contribution in [3.63, 3.8) is 0 Å². The second-order valence-corrected chi connectivity index (χ2v) is 3.19. The molecule has 12 heavy (non-hydrogen) atoms. The molecule has 1 N–H and O–H groups in total. The maximum atomic E-state index is 10.3. The molecule has 0 heterocycles. The Bertz CT molecular complexity index is 220. The van der Waals surface area contributed by atoms with E-state index in [0.29, 0.717) is 19.3 Å². The molecule has 1 unspecified atom stereocenters. The van der Waals surface area contributed by atoms with Gasteiger partial charge in [0.2, 0.25) is 0 Å². The molecule has 1 atom stereocenters. The number of hydrogen-bond acceptors (Lipinski definition) is 3. The fourth-order valence-corrected chi connectivity index (χ4v) is 0.866. The number of nitriles is 1. The zero-order chi connectivity index (χ0) is 9.56. The molecular weight excluding hydrogens is 174 g/mol. The van der Waals surface area contributed by atoms with Gasteiger partial charge in [-0.15, -0.1) is 0 Å². The van der Waals surface area contributed by atoms with Crippen molar-refractivity contribution < 1.29 is 9.90 Å². The summed E-state index contributed by atoms with van der Waals surface area (Å²) in [6.45, 7) is 3.37. The largest absolute Gasteiger partial charge is 0.478 e. The summed E-state index contributed by atoms with van der Waals surface area (Å²) >= 11 is 4.10. The topological polar surface area (TPSA) is 61.1 Å². The van der Waals surface area contributed by atoms with Crippen molar-refractivity contribution in [2.45, 2.75) is 24.5 Å². The summed E-state index contributed by atoms with van der Waals surface area (Å²) in [6.07, 6.45) is 1.32. The molecule has 0 aliphatic carbocycles. The second kappa shape index (κ2) is 5.67. The Balaban J connectivity index is 3.63. The van der Waals surface area contributed by atoms with Crippen LogP contribution >= 0.6 is 12.6 Å².